The molecule has 2 heterocycles. The quantitative estimate of drug-likeness (QED) is 0.559. The Hall–Kier alpha value is -4.01. The second-order valence-electron chi connectivity index (χ2n) is 7.24. The van der Waals surface area contributed by atoms with Gasteiger partial charge in [-0.15, -0.1) is 0 Å². The number of carbonyl (C=O) groups is 2. The molecule has 2 aromatic carbocycles. The van der Waals surface area contributed by atoms with E-state index in [1.807, 2.05) is 49.4 Å². The summed E-state index contributed by atoms with van der Waals surface area (Å²) in [5, 5.41) is 5.82. The molecule has 0 bridgehead atoms. The summed E-state index contributed by atoms with van der Waals surface area (Å²) >= 11 is 0. The molecule has 1 fully saturated rings. The maximum absolute atomic E-state index is 13.1. The summed E-state index contributed by atoms with van der Waals surface area (Å²) in [5.41, 5.74) is 7.27. The molecule has 4 N–H and O–H groups in total. The predicted molar refractivity (Wildman–Crippen MR) is 112 cm³/mol. The average Bonchev–Trinajstić information content (AvgIpc) is 2.94. The van der Waals surface area contributed by atoms with Crippen LogP contribution in [0.2, 0.25) is 0 Å². The maximum atomic E-state index is 13.1. The highest BCUT2D eigenvalue weighted by Gasteiger charge is 2.49. The van der Waals surface area contributed by atoms with E-state index in [9.17, 15) is 9.59 Å². The lowest BCUT2D eigenvalue weighted by molar-refractivity contribution is -0.131. The maximum Gasteiger partial charge on any atom is 0.325 e. The van der Waals surface area contributed by atoms with Crippen molar-refractivity contribution in [1.82, 2.24) is 25.2 Å². The van der Waals surface area contributed by atoms with Crippen LogP contribution in [0.3, 0.4) is 0 Å². The Morgan fingerprint density at radius 1 is 1.03 bits per heavy atom. The molecule has 9 heteroatoms. The molecule has 3 aromatic rings. The Labute approximate surface area is 173 Å². The topological polar surface area (TPSA) is 126 Å². The van der Waals surface area contributed by atoms with Gasteiger partial charge >= 0.3 is 6.03 Å². The SMILES string of the molecule is Cc1ccc(Nc2nc(N)nc(CN3C(=O)NC(C)(c4ccccc4)C3=O)n2)cc1. The lowest BCUT2D eigenvalue weighted by Crippen LogP contribution is -2.40. The lowest BCUT2D eigenvalue weighted by atomic mass is 9.92. The van der Waals surface area contributed by atoms with Crippen molar-refractivity contribution in [1.29, 1.82) is 0 Å². The molecule has 1 saturated heterocycles. The molecule has 0 spiro atoms. The molecule has 30 heavy (non-hydrogen) atoms. The lowest BCUT2D eigenvalue weighted by Gasteiger charge is -2.22. The highest BCUT2D eigenvalue weighted by molar-refractivity contribution is 6.07. The Bertz CT molecular complexity index is 1100. The van der Waals surface area contributed by atoms with Crippen molar-refractivity contribution >= 4 is 29.5 Å². The first kappa shape index (κ1) is 19.3. The van der Waals surface area contributed by atoms with Gasteiger partial charge in [-0.1, -0.05) is 48.0 Å². The summed E-state index contributed by atoms with van der Waals surface area (Å²) < 4.78 is 0. The number of aryl methyl sites for hydroxylation is 1. The number of carbonyl (C=O) groups excluding carboxylic acids is 2. The molecule has 0 saturated carbocycles. The summed E-state index contributed by atoms with van der Waals surface area (Å²) in [7, 11) is 0. The third-order valence-electron chi connectivity index (χ3n) is 4.93. The van der Waals surface area contributed by atoms with Crippen LogP contribution in [0, 0.1) is 6.92 Å². The number of nitrogens with zero attached hydrogens (tertiary/aromatic N) is 4. The van der Waals surface area contributed by atoms with E-state index in [1.165, 1.54) is 0 Å². The van der Waals surface area contributed by atoms with Gasteiger partial charge in [0.05, 0.1) is 6.54 Å². The van der Waals surface area contributed by atoms with Crippen molar-refractivity contribution in [2.45, 2.75) is 25.9 Å². The molecule has 0 radical (unpaired) electrons. The standard InChI is InChI=1S/C21H21N7O2/c1-13-8-10-15(11-9-13)23-19-25-16(24-18(22)26-19)12-28-17(29)21(2,27-20(28)30)14-6-4-3-5-7-14/h3-11H,12H2,1-2H3,(H,27,30)(H3,22,23,24,25,26). The monoisotopic (exact) mass is 403 g/mol. The first-order chi connectivity index (χ1) is 14.3. The van der Waals surface area contributed by atoms with Crippen molar-refractivity contribution in [3.8, 4) is 0 Å². The van der Waals surface area contributed by atoms with Gasteiger partial charge in [0.15, 0.2) is 5.82 Å². The van der Waals surface area contributed by atoms with Crippen LogP contribution in [0.15, 0.2) is 54.6 Å². The smallest absolute Gasteiger partial charge is 0.325 e. The number of nitrogens with two attached hydrogens (primary N) is 1. The van der Waals surface area contributed by atoms with Crippen LogP contribution in [0.25, 0.3) is 0 Å². The van der Waals surface area contributed by atoms with E-state index in [4.69, 9.17) is 5.73 Å². The number of hydrogen-bond donors (Lipinski definition) is 3. The van der Waals surface area contributed by atoms with Crippen LogP contribution in [-0.2, 0) is 16.9 Å². The van der Waals surface area contributed by atoms with Gasteiger partial charge in [0.2, 0.25) is 11.9 Å². The second kappa shape index (κ2) is 7.43. The second-order valence-corrected chi connectivity index (χ2v) is 7.24. The molecule has 1 unspecified atom stereocenters. The molecule has 4 rings (SSSR count). The molecule has 9 nitrogen and oxygen atoms in total. The number of nitrogens with one attached hydrogen (secondary N) is 2. The highest BCUT2D eigenvalue weighted by atomic mass is 16.2. The van der Waals surface area contributed by atoms with E-state index in [2.05, 4.69) is 25.6 Å². The molecule has 3 amide bonds. The van der Waals surface area contributed by atoms with Crippen LogP contribution < -0.4 is 16.4 Å². The van der Waals surface area contributed by atoms with Crippen molar-refractivity contribution in [2.75, 3.05) is 11.1 Å². The molecule has 1 atom stereocenters. The molecular weight excluding hydrogens is 382 g/mol. The van der Waals surface area contributed by atoms with Gasteiger partial charge in [0.1, 0.15) is 5.54 Å². The molecule has 1 aromatic heterocycles. The fourth-order valence-electron chi connectivity index (χ4n) is 3.28. The average molecular weight is 403 g/mol. The van der Waals surface area contributed by atoms with Crippen LogP contribution >= 0.6 is 0 Å². The van der Waals surface area contributed by atoms with Gasteiger partial charge in [0.25, 0.3) is 5.91 Å². The number of rotatable bonds is 5. The molecule has 1 aliphatic heterocycles. The molecule has 1 aliphatic rings. The van der Waals surface area contributed by atoms with Crippen LogP contribution in [0.5, 0.6) is 0 Å². The summed E-state index contributed by atoms with van der Waals surface area (Å²) in [6, 6.07) is 16.2. The number of nitrogen functional groups attached to an aromatic ring is 1. The summed E-state index contributed by atoms with van der Waals surface area (Å²) in [5.74, 6) is 0.0513. The van der Waals surface area contributed by atoms with Gasteiger partial charge in [0, 0.05) is 5.69 Å². The van der Waals surface area contributed by atoms with Crippen molar-refractivity contribution in [3.63, 3.8) is 0 Å². The number of hydrogen-bond acceptors (Lipinski definition) is 7. The van der Waals surface area contributed by atoms with E-state index < -0.39 is 11.6 Å². The molecule has 152 valence electrons. The number of amides is 3. The minimum atomic E-state index is -1.15. The number of aromatic nitrogens is 3. The number of urea groups is 1. The van der Waals surface area contributed by atoms with Gasteiger partial charge in [-0.05, 0) is 31.5 Å². The number of anilines is 3. The summed E-state index contributed by atoms with van der Waals surface area (Å²) in [6.45, 7) is 3.54. The highest BCUT2D eigenvalue weighted by Crippen LogP contribution is 2.29. The van der Waals surface area contributed by atoms with E-state index in [1.54, 1.807) is 19.1 Å². The first-order valence-corrected chi connectivity index (χ1v) is 9.39. The van der Waals surface area contributed by atoms with Gasteiger partial charge in [-0.2, -0.15) is 15.0 Å². The van der Waals surface area contributed by atoms with Crippen LogP contribution in [0.4, 0.5) is 22.4 Å². The number of imide groups is 1. The summed E-state index contributed by atoms with van der Waals surface area (Å²) in [6.07, 6.45) is 0. The van der Waals surface area contributed by atoms with E-state index in [-0.39, 0.29) is 30.2 Å². The largest absolute Gasteiger partial charge is 0.368 e. The first-order valence-electron chi connectivity index (χ1n) is 9.39. The van der Waals surface area contributed by atoms with Crippen molar-refractivity contribution in [3.05, 3.63) is 71.5 Å². The normalized spacial score (nSPS) is 18.4. The molecule has 0 aliphatic carbocycles. The van der Waals surface area contributed by atoms with Crippen LogP contribution in [0.1, 0.15) is 23.9 Å². The van der Waals surface area contributed by atoms with Crippen molar-refractivity contribution in [2.24, 2.45) is 0 Å². The van der Waals surface area contributed by atoms with E-state index >= 15 is 0 Å². The summed E-state index contributed by atoms with van der Waals surface area (Å²) in [4.78, 5) is 39.2. The van der Waals surface area contributed by atoms with Crippen molar-refractivity contribution < 1.29 is 9.59 Å². The van der Waals surface area contributed by atoms with E-state index in [0.29, 0.717) is 5.56 Å². The van der Waals surface area contributed by atoms with E-state index in [0.717, 1.165) is 16.2 Å². The molecular formula is C21H21N7O2. The zero-order chi connectivity index (χ0) is 21.3. The predicted octanol–water partition coefficient (Wildman–Crippen LogP) is 2.47. The zero-order valence-electron chi connectivity index (χ0n) is 16.6. The Morgan fingerprint density at radius 2 is 1.73 bits per heavy atom. The Kier molecular flexibility index (Phi) is 4.78. The fraction of sp³-hybridized carbons (Fsp3) is 0.190. The third-order valence-corrected chi connectivity index (χ3v) is 4.93. The van der Waals surface area contributed by atoms with Crippen LogP contribution in [-0.4, -0.2) is 31.8 Å². The minimum Gasteiger partial charge on any atom is -0.368 e. The van der Waals surface area contributed by atoms with Gasteiger partial charge < -0.3 is 16.4 Å². The minimum absolute atomic E-state index is 0.00696. The van der Waals surface area contributed by atoms with Gasteiger partial charge in [-0.3, -0.25) is 9.69 Å². The zero-order valence-corrected chi connectivity index (χ0v) is 16.6. The fourth-order valence-corrected chi connectivity index (χ4v) is 3.28. The number of benzene rings is 2. The third kappa shape index (κ3) is 3.64. The van der Waals surface area contributed by atoms with Gasteiger partial charge in [-0.25, -0.2) is 4.79 Å². The Morgan fingerprint density at radius 3 is 2.43 bits per heavy atom. The Balaban J connectivity index is 1.57.